The minimum Gasteiger partial charge on any atom is -0.489 e. The molecule has 0 aliphatic heterocycles. The van der Waals surface area contributed by atoms with Crippen molar-refractivity contribution in [3.8, 4) is 5.75 Å². The smallest absolute Gasteiger partial charge is 0.123 e. The van der Waals surface area contributed by atoms with Gasteiger partial charge in [0, 0.05) is 6.04 Å². The SMILES string of the molecule is Cc1cc(F)ccc1COc1ccc2c(c1)[C@@H](N)CCC2. The molecule has 0 unspecified atom stereocenters. The topological polar surface area (TPSA) is 35.2 Å². The maximum atomic E-state index is 13.1. The molecule has 0 radical (unpaired) electrons. The first-order valence-corrected chi connectivity index (χ1v) is 7.40. The highest BCUT2D eigenvalue weighted by molar-refractivity contribution is 5.39. The number of hydrogen-bond donors (Lipinski definition) is 1. The first-order valence-electron chi connectivity index (χ1n) is 7.40. The first-order chi connectivity index (χ1) is 10.1. The van der Waals surface area contributed by atoms with E-state index in [1.54, 1.807) is 6.07 Å². The molecule has 0 spiro atoms. The molecule has 2 N–H and O–H groups in total. The average Bonchev–Trinajstić information content (AvgIpc) is 2.47. The standard InChI is InChI=1S/C18H20FNO/c1-12-9-15(19)7-5-14(12)11-21-16-8-6-13-3-2-4-18(20)17(13)10-16/h5-10,18H,2-4,11,20H2,1H3/t18-/m0/s1. The van der Waals surface area contributed by atoms with Gasteiger partial charge in [0.05, 0.1) is 0 Å². The largest absolute Gasteiger partial charge is 0.489 e. The molecule has 2 aromatic carbocycles. The zero-order valence-electron chi connectivity index (χ0n) is 12.2. The second-order valence-electron chi connectivity index (χ2n) is 5.72. The Morgan fingerprint density at radius 3 is 2.90 bits per heavy atom. The van der Waals surface area contributed by atoms with Crippen LogP contribution in [0.15, 0.2) is 36.4 Å². The summed E-state index contributed by atoms with van der Waals surface area (Å²) >= 11 is 0. The summed E-state index contributed by atoms with van der Waals surface area (Å²) in [5.41, 5.74) is 10.6. The molecule has 2 aromatic rings. The average molecular weight is 285 g/mol. The normalized spacial score (nSPS) is 17.4. The highest BCUT2D eigenvalue weighted by Gasteiger charge is 2.17. The van der Waals surface area contributed by atoms with Gasteiger partial charge in [-0.25, -0.2) is 4.39 Å². The van der Waals surface area contributed by atoms with Crippen LogP contribution in [0.2, 0.25) is 0 Å². The lowest BCUT2D eigenvalue weighted by Gasteiger charge is -2.23. The van der Waals surface area contributed by atoms with Crippen molar-refractivity contribution in [1.82, 2.24) is 0 Å². The summed E-state index contributed by atoms with van der Waals surface area (Å²) in [6, 6.07) is 11.0. The van der Waals surface area contributed by atoms with Crippen LogP contribution in [0.5, 0.6) is 5.75 Å². The predicted octanol–water partition coefficient (Wildman–Crippen LogP) is 4.05. The molecule has 0 fully saturated rings. The summed E-state index contributed by atoms with van der Waals surface area (Å²) in [5, 5.41) is 0. The first kappa shape index (κ1) is 14.1. The zero-order valence-corrected chi connectivity index (χ0v) is 12.2. The van der Waals surface area contributed by atoms with Gasteiger partial charge in [-0.3, -0.25) is 0 Å². The molecule has 0 amide bonds. The fraction of sp³-hybridized carbons (Fsp3) is 0.333. The number of nitrogens with two attached hydrogens (primary N) is 1. The summed E-state index contributed by atoms with van der Waals surface area (Å²) in [6.45, 7) is 2.34. The molecule has 0 aromatic heterocycles. The molecular formula is C18H20FNO. The van der Waals surface area contributed by atoms with Gasteiger partial charge in [-0.05, 0) is 72.7 Å². The number of fused-ring (bicyclic) bond motifs is 1. The molecule has 0 saturated carbocycles. The van der Waals surface area contributed by atoms with Gasteiger partial charge in [-0.15, -0.1) is 0 Å². The fourth-order valence-corrected chi connectivity index (χ4v) is 2.89. The number of ether oxygens (including phenoxy) is 1. The van der Waals surface area contributed by atoms with Crippen LogP contribution < -0.4 is 10.5 Å². The lowest BCUT2D eigenvalue weighted by Crippen LogP contribution is -2.17. The van der Waals surface area contributed by atoms with Gasteiger partial charge in [0.15, 0.2) is 0 Å². The van der Waals surface area contributed by atoms with Gasteiger partial charge < -0.3 is 10.5 Å². The third-order valence-electron chi connectivity index (χ3n) is 4.18. The van der Waals surface area contributed by atoms with Gasteiger partial charge in [0.1, 0.15) is 18.2 Å². The van der Waals surface area contributed by atoms with Crippen molar-refractivity contribution >= 4 is 0 Å². The highest BCUT2D eigenvalue weighted by Crippen LogP contribution is 2.31. The van der Waals surface area contributed by atoms with Crippen LogP contribution in [-0.4, -0.2) is 0 Å². The maximum Gasteiger partial charge on any atom is 0.123 e. The Hall–Kier alpha value is -1.87. The van der Waals surface area contributed by atoms with Crippen molar-refractivity contribution in [2.24, 2.45) is 5.73 Å². The molecule has 1 aliphatic carbocycles. The van der Waals surface area contributed by atoms with Crippen molar-refractivity contribution in [1.29, 1.82) is 0 Å². The summed E-state index contributed by atoms with van der Waals surface area (Å²) in [7, 11) is 0. The van der Waals surface area contributed by atoms with E-state index in [1.807, 2.05) is 13.0 Å². The Morgan fingerprint density at radius 1 is 1.24 bits per heavy atom. The minimum atomic E-state index is -0.212. The molecule has 1 atom stereocenters. The van der Waals surface area contributed by atoms with Gasteiger partial charge in [0.25, 0.3) is 0 Å². The van der Waals surface area contributed by atoms with E-state index in [1.165, 1.54) is 23.3 Å². The number of benzene rings is 2. The van der Waals surface area contributed by atoms with E-state index in [0.717, 1.165) is 36.1 Å². The fourth-order valence-electron chi connectivity index (χ4n) is 2.89. The summed E-state index contributed by atoms with van der Waals surface area (Å²) in [6.07, 6.45) is 3.29. The van der Waals surface area contributed by atoms with Crippen LogP contribution in [0.3, 0.4) is 0 Å². The Labute approximate surface area is 124 Å². The van der Waals surface area contributed by atoms with Crippen molar-refractivity contribution in [3.63, 3.8) is 0 Å². The molecule has 1 aliphatic rings. The molecule has 21 heavy (non-hydrogen) atoms. The van der Waals surface area contributed by atoms with Gasteiger partial charge >= 0.3 is 0 Å². The van der Waals surface area contributed by atoms with E-state index in [-0.39, 0.29) is 11.9 Å². The van der Waals surface area contributed by atoms with Crippen LogP contribution in [-0.2, 0) is 13.0 Å². The van der Waals surface area contributed by atoms with E-state index < -0.39 is 0 Å². The van der Waals surface area contributed by atoms with E-state index >= 15 is 0 Å². The minimum absolute atomic E-state index is 0.116. The highest BCUT2D eigenvalue weighted by atomic mass is 19.1. The Balaban J connectivity index is 1.75. The lowest BCUT2D eigenvalue weighted by atomic mass is 9.88. The van der Waals surface area contributed by atoms with E-state index in [9.17, 15) is 4.39 Å². The summed E-state index contributed by atoms with van der Waals surface area (Å²) in [4.78, 5) is 0. The number of hydrogen-bond acceptors (Lipinski definition) is 2. The van der Waals surface area contributed by atoms with Crippen LogP contribution in [0.4, 0.5) is 4.39 Å². The van der Waals surface area contributed by atoms with Crippen molar-refractivity contribution in [2.45, 2.75) is 38.8 Å². The molecule has 110 valence electrons. The van der Waals surface area contributed by atoms with Gasteiger partial charge in [-0.1, -0.05) is 12.1 Å². The third kappa shape index (κ3) is 3.08. The molecule has 2 nitrogen and oxygen atoms in total. The van der Waals surface area contributed by atoms with E-state index in [0.29, 0.717) is 6.61 Å². The molecule has 0 saturated heterocycles. The molecule has 0 bridgehead atoms. The van der Waals surface area contributed by atoms with E-state index in [4.69, 9.17) is 10.5 Å². The van der Waals surface area contributed by atoms with Gasteiger partial charge in [0.2, 0.25) is 0 Å². The van der Waals surface area contributed by atoms with Crippen LogP contribution in [0.25, 0.3) is 0 Å². The number of rotatable bonds is 3. The zero-order chi connectivity index (χ0) is 14.8. The van der Waals surface area contributed by atoms with Gasteiger partial charge in [-0.2, -0.15) is 0 Å². The molecule has 3 rings (SSSR count). The van der Waals surface area contributed by atoms with Crippen LogP contribution in [0, 0.1) is 12.7 Å². The quantitative estimate of drug-likeness (QED) is 0.923. The Bertz CT molecular complexity index is 654. The lowest BCUT2D eigenvalue weighted by molar-refractivity contribution is 0.304. The second kappa shape index (κ2) is 5.86. The summed E-state index contributed by atoms with van der Waals surface area (Å²) < 4.78 is 18.9. The van der Waals surface area contributed by atoms with Crippen LogP contribution in [0.1, 0.15) is 41.1 Å². The summed E-state index contributed by atoms with van der Waals surface area (Å²) in [5.74, 6) is 0.617. The van der Waals surface area contributed by atoms with Crippen molar-refractivity contribution in [3.05, 3.63) is 64.5 Å². The Morgan fingerprint density at radius 2 is 2.10 bits per heavy atom. The number of halogens is 1. The predicted molar refractivity (Wildman–Crippen MR) is 81.8 cm³/mol. The Kier molecular flexibility index (Phi) is 3.93. The molecular weight excluding hydrogens is 265 g/mol. The van der Waals surface area contributed by atoms with Crippen LogP contribution >= 0.6 is 0 Å². The molecule has 3 heteroatoms. The molecule has 0 heterocycles. The van der Waals surface area contributed by atoms with Crippen molar-refractivity contribution < 1.29 is 9.13 Å². The number of aryl methyl sites for hydroxylation is 2. The third-order valence-corrected chi connectivity index (χ3v) is 4.18. The monoisotopic (exact) mass is 285 g/mol. The second-order valence-corrected chi connectivity index (χ2v) is 5.72. The van der Waals surface area contributed by atoms with Crippen molar-refractivity contribution in [2.75, 3.05) is 0 Å². The maximum absolute atomic E-state index is 13.1. The van der Waals surface area contributed by atoms with E-state index in [2.05, 4.69) is 12.1 Å².